The number of hydrogen-bond acceptors (Lipinski definition) is 2. The third-order valence-corrected chi connectivity index (χ3v) is 2.45. The van der Waals surface area contributed by atoms with Crippen molar-refractivity contribution < 1.29 is 14.6 Å². The average Bonchev–Trinajstić information content (AvgIpc) is 2.16. The summed E-state index contributed by atoms with van der Waals surface area (Å²) in [5.41, 5.74) is 0.363. The summed E-state index contributed by atoms with van der Waals surface area (Å²) < 4.78 is 4.92. The summed E-state index contributed by atoms with van der Waals surface area (Å²) in [5, 5.41) is 7.82. The number of ether oxygens (including phenoxy) is 1. The number of benzene rings is 1. The van der Waals surface area contributed by atoms with Gasteiger partial charge in [0.15, 0.2) is 5.38 Å². The maximum Gasteiger partial charge on any atom is 0.326 e. The Morgan fingerprint density at radius 3 is 2.64 bits per heavy atom. The summed E-state index contributed by atoms with van der Waals surface area (Å²) in [7, 11) is 1.50. The highest BCUT2D eigenvalue weighted by atomic mass is 35.5. The Kier molecular flexibility index (Phi) is 3.61. The van der Waals surface area contributed by atoms with Crippen molar-refractivity contribution in [2.45, 2.75) is 5.38 Å². The standard InChI is InChI=1S/C9H8Cl2O3/c1-14-5-2-3-6(7(10)4-5)8(11)9(12)13/h2-4,8H,1H3,(H,12,13). The summed E-state index contributed by atoms with van der Waals surface area (Å²) in [6.07, 6.45) is 0. The minimum atomic E-state index is -1.13. The Morgan fingerprint density at radius 2 is 2.21 bits per heavy atom. The van der Waals surface area contributed by atoms with E-state index >= 15 is 0 Å². The van der Waals surface area contributed by atoms with Crippen LogP contribution in [0.15, 0.2) is 18.2 Å². The first-order valence-electron chi connectivity index (χ1n) is 3.76. The molecule has 0 bridgehead atoms. The van der Waals surface area contributed by atoms with Crippen LogP contribution in [0.4, 0.5) is 0 Å². The molecule has 1 N–H and O–H groups in total. The van der Waals surface area contributed by atoms with E-state index < -0.39 is 11.3 Å². The molecular formula is C9H8Cl2O3. The molecule has 1 rings (SSSR count). The molecule has 0 aromatic heterocycles. The number of carboxylic acids is 1. The van der Waals surface area contributed by atoms with Gasteiger partial charge in [-0.15, -0.1) is 11.6 Å². The van der Waals surface area contributed by atoms with Crippen molar-refractivity contribution in [1.29, 1.82) is 0 Å². The highest BCUT2D eigenvalue weighted by molar-refractivity contribution is 6.35. The van der Waals surface area contributed by atoms with E-state index in [-0.39, 0.29) is 5.02 Å². The van der Waals surface area contributed by atoms with Crippen molar-refractivity contribution in [2.24, 2.45) is 0 Å². The Hall–Kier alpha value is -0.930. The summed E-state index contributed by atoms with van der Waals surface area (Å²) in [5.74, 6) is -0.563. The fourth-order valence-corrected chi connectivity index (χ4v) is 1.50. The van der Waals surface area contributed by atoms with Gasteiger partial charge in [0, 0.05) is 5.02 Å². The fraction of sp³-hybridized carbons (Fsp3) is 0.222. The summed E-state index contributed by atoms with van der Waals surface area (Å²) >= 11 is 11.4. The Bertz CT molecular complexity index is 352. The minimum absolute atomic E-state index is 0.284. The molecule has 0 saturated carbocycles. The topological polar surface area (TPSA) is 46.5 Å². The normalized spacial score (nSPS) is 12.2. The van der Waals surface area contributed by atoms with Gasteiger partial charge in [-0.3, -0.25) is 4.79 Å². The number of aliphatic carboxylic acids is 1. The van der Waals surface area contributed by atoms with Crippen LogP contribution < -0.4 is 4.74 Å². The van der Waals surface area contributed by atoms with E-state index in [1.807, 2.05) is 0 Å². The van der Waals surface area contributed by atoms with Gasteiger partial charge in [-0.25, -0.2) is 0 Å². The molecule has 0 fully saturated rings. The van der Waals surface area contributed by atoms with Crippen LogP contribution in [-0.4, -0.2) is 18.2 Å². The molecule has 1 aromatic rings. The van der Waals surface area contributed by atoms with Gasteiger partial charge in [-0.2, -0.15) is 0 Å². The van der Waals surface area contributed by atoms with Gasteiger partial charge in [-0.1, -0.05) is 17.7 Å². The zero-order valence-electron chi connectivity index (χ0n) is 7.33. The Labute approximate surface area is 91.2 Å². The zero-order valence-corrected chi connectivity index (χ0v) is 8.84. The van der Waals surface area contributed by atoms with E-state index in [9.17, 15) is 4.79 Å². The zero-order chi connectivity index (χ0) is 10.7. The van der Waals surface area contributed by atoms with Crippen LogP contribution in [0.1, 0.15) is 10.9 Å². The molecule has 5 heteroatoms. The van der Waals surface area contributed by atoms with Crippen LogP contribution in [0.2, 0.25) is 5.02 Å². The van der Waals surface area contributed by atoms with E-state index in [0.29, 0.717) is 11.3 Å². The molecule has 0 aliphatic rings. The molecule has 0 spiro atoms. The third-order valence-electron chi connectivity index (χ3n) is 1.70. The van der Waals surface area contributed by atoms with Crippen molar-refractivity contribution in [3.05, 3.63) is 28.8 Å². The van der Waals surface area contributed by atoms with Gasteiger partial charge in [0.05, 0.1) is 7.11 Å². The van der Waals surface area contributed by atoms with Gasteiger partial charge in [0.1, 0.15) is 5.75 Å². The SMILES string of the molecule is COc1ccc(C(Cl)C(=O)O)c(Cl)c1. The van der Waals surface area contributed by atoms with Crippen molar-refractivity contribution in [3.63, 3.8) is 0 Å². The molecule has 14 heavy (non-hydrogen) atoms. The highest BCUT2D eigenvalue weighted by Gasteiger charge is 2.19. The van der Waals surface area contributed by atoms with E-state index in [4.69, 9.17) is 33.0 Å². The lowest BCUT2D eigenvalue weighted by molar-refractivity contribution is -0.136. The second kappa shape index (κ2) is 4.53. The Morgan fingerprint density at radius 1 is 1.57 bits per heavy atom. The lowest BCUT2D eigenvalue weighted by Crippen LogP contribution is -2.05. The van der Waals surface area contributed by atoms with Crippen molar-refractivity contribution in [2.75, 3.05) is 7.11 Å². The summed E-state index contributed by atoms with van der Waals surface area (Å²) in [6, 6.07) is 4.67. The maximum absolute atomic E-state index is 10.6. The number of carbonyl (C=O) groups is 1. The first kappa shape index (κ1) is 11.1. The largest absolute Gasteiger partial charge is 0.497 e. The van der Waals surface area contributed by atoms with E-state index in [1.54, 1.807) is 6.07 Å². The average molecular weight is 235 g/mol. The van der Waals surface area contributed by atoms with Crippen molar-refractivity contribution in [3.8, 4) is 5.75 Å². The molecule has 1 aromatic carbocycles. The van der Waals surface area contributed by atoms with Crippen molar-refractivity contribution in [1.82, 2.24) is 0 Å². The molecule has 1 atom stereocenters. The fourth-order valence-electron chi connectivity index (χ4n) is 0.973. The number of alkyl halides is 1. The van der Waals surface area contributed by atoms with Crippen LogP contribution in [0.5, 0.6) is 5.75 Å². The van der Waals surface area contributed by atoms with E-state index in [0.717, 1.165) is 0 Å². The van der Waals surface area contributed by atoms with Gasteiger partial charge in [0.25, 0.3) is 0 Å². The predicted octanol–water partition coefficient (Wildman–Crippen LogP) is 2.71. The van der Waals surface area contributed by atoms with Crippen LogP contribution in [0.3, 0.4) is 0 Å². The van der Waals surface area contributed by atoms with Gasteiger partial charge in [0.2, 0.25) is 0 Å². The van der Waals surface area contributed by atoms with Gasteiger partial charge in [-0.05, 0) is 17.7 Å². The molecule has 0 aliphatic heterocycles. The molecule has 0 saturated heterocycles. The number of hydrogen-bond donors (Lipinski definition) is 1. The van der Waals surface area contributed by atoms with Gasteiger partial charge < -0.3 is 9.84 Å². The minimum Gasteiger partial charge on any atom is -0.497 e. The molecule has 0 amide bonds. The second-order valence-electron chi connectivity index (χ2n) is 2.59. The molecule has 0 aliphatic carbocycles. The maximum atomic E-state index is 10.6. The molecular weight excluding hydrogens is 227 g/mol. The molecule has 1 unspecified atom stereocenters. The van der Waals surface area contributed by atoms with Crippen LogP contribution in [0.25, 0.3) is 0 Å². The van der Waals surface area contributed by atoms with Crippen LogP contribution in [0, 0.1) is 0 Å². The van der Waals surface area contributed by atoms with E-state index in [2.05, 4.69) is 0 Å². The predicted molar refractivity (Wildman–Crippen MR) is 54.2 cm³/mol. The second-order valence-corrected chi connectivity index (χ2v) is 3.43. The smallest absolute Gasteiger partial charge is 0.326 e. The third kappa shape index (κ3) is 2.30. The Balaban J connectivity index is 3.05. The summed E-state index contributed by atoms with van der Waals surface area (Å²) in [4.78, 5) is 10.6. The van der Waals surface area contributed by atoms with E-state index in [1.165, 1.54) is 19.2 Å². The molecule has 0 heterocycles. The molecule has 76 valence electrons. The monoisotopic (exact) mass is 234 g/mol. The van der Waals surface area contributed by atoms with Crippen molar-refractivity contribution >= 4 is 29.2 Å². The molecule has 3 nitrogen and oxygen atoms in total. The summed E-state index contributed by atoms with van der Waals surface area (Å²) in [6.45, 7) is 0. The molecule has 0 radical (unpaired) electrons. The lowest BCUT2D eigenvalue weighted by Gasteiger charge is -2.08. The quantitative estimate of drug-likeness (QED) is 0.819. The number of methoxy groups -OCH3 is 1. The number of carboxylic acid groups (broad SMARTS) is 1. The van der Waals surface area contributed by atoms with Crippen LogP contribution >= 0.6 is 23.2 Å². The number of halogens is 2. The highest BCUT2D eigenvalue weighted by Crippen LogP contribution is 2.30. The number of rotatable bonds is 3. The lowest BCUT2D eigenvalue weighted by atomic mass is 10.1. The van der Waals surface area contributed by atoms with Crippen LogP contribution in [-0.2, 0) is 4.79 Å². The first-order valence-corrected chi connectivity index (χ1v) is 4.58. The van der Waals surface area contributed by atoms with Gasteiger partial charge >= 0.3 is 5.97 Å². The first-order chi connectivity index (χ1) is 6.56.